The number of rotatable bonds is 7. The minimum atomic E-state index is -3.10. The van der Waals surface area contributed by atoms with Gasteiger partial charge >= 0.3 is 0 Å². The van der Waals surface area contributed by atoms with Crippen LogP contribution in [-0.4, -0.2) is 67.2 Å². The van der Waals surface area contributed by atoms with Crippen molar-refractivity contribution in [2.45, 2.75) is 43.4 Å². The van der Waals surface area contributed by atoms with Crippen molar-refractivity contribution in [2.75, 3.05) is 25.2 Å². The number of amides is 1. The molecule has 0 saturated carbocycles. The van der Waals surface area contributed by atoms with Crippen LogP contribution in [0.2, 0.25) is 0 Å². The van der Waals surface area contributed by atoms with Crippen LogP contribution < -0.4 is 11.1 Å². The van der Waals surface area contributed by atoms with Gasteiger partial charge in [-0.2, -0.15) is 0 Å². The topological polar surface area (TPSA) is 113 Å². The molecule has 21 heavy (non-hydrogen) atoms. The molecule has 2 fully saturated rings. The summed E-state index contributed by atoms with van der Waals surface area (Å²) >= 11 is 0. The second-order valence-electron chi connectivity index (χ2n) is 6.15. The standard InChI is InChI=1S/C13H24N3O4S/c1-21(19,20)9-15-7-11(17)8-16-10-3-2-5-13(16,6-4-10)12(14)18/h2,10-11,15,17H,3-9H2,1H3,(H2,14,18)/t10-,11-,13+/m1/s1. The Morgan fingerprint density at radius 1 is 1.62 bits per heavy atom. The Kier molecular flexibility index (Phi) is 4.92. The lowest BCUT2D eigenvalue weighted by atomic mass is 9.87. The zero-order chi connectivity index (χ0) is 15.7. The number of β-amino-alcohol motifs (C(OH)–C–C–N with tert-alkyl or cyclic N) is 1. The number of primary amides is 1. The van der Waals surface area contributed by atoms with Gasteiger partial charge in [-0.1, -0.05) is 0 Å². The van der Waals surface area contributed by atoms with E-state index in [1.165, 1.54) is 0 Å². The number of nitrogens with two attached hydrogens (primary N) is 1. The van der Waals surface area contributed by atoms with Gasteiger partial charge in [0.15, 0.2) is 9.84 Å². The Bertz CT molecular complexity index is 492. The number of aliphatic hydroxyl groups excluding tert-OH is 1. The Labute approximate surface area is 125 Å². The maximum atomic E-state index is 11.9. The van der Waals surface area contributed by atoms with Crippen molar-refractivity contribution in [1.82, 2.24) is 10.2 Å². The van der Waals surface area contributed by atoms with Crippen LogP contribution in [0.15, 0.2) is 0 Å². The SMILES string of the molecule is CS(=O)(=O)CNC[C@@H](O)CN1[C@@H]2C[CH]C[C@@]1(C(N)=O)CC2. The smallest absolute Gasteiger partial charge is 0.237 e. The lowest BCUT2D eigenvalue weighted by molar-refractivity contribution is -0.131. The fourth-order valence-corrected chi connectivity index (χ4v) is 3.91. The number of hydrogen-bond donors (Lipinski definition) is 3. The van der Waals surface area contributed by atoms with Crippen LogP contribution in [0.4, 0.5) is 0 Å². The van der Waals surface area contributed by atoms with Crippen LogP contribution >= 0.6 is 0 Å². The fourth-order valence-electron chi connectivity index (χ4n) is 3.42. The summed E-state index contributed by atoms with van der Waals surface area (Å²) in [5.41, 5.74) is 4.92. The van der Waals surface area contributed by atoms with E-state index in [2.05, 4.69) is 11.7 Å². The van der Waals surface area contributed by atoms with Crippen molar-refractivity contribution in [3.05, 3.63) is 6.42 Å². The van der Waals surface area contributed by atoms with E-state index in [9.17, 15) is 18.3 Å². The van der Waals surface area contributed by atoms with Crippen LogP contribution in [0.5, 0.6) is 0 Å². The van der Waals surface area contributed by atoms with Crippen molar-refractivity contribution in [3.63, 3.8) is 0 Å². The Hall–Kier alpha value is -0.700. The highest BCUT2D eigenvalue weighted by Gasteiger charge is 2.52. The minimum Gasteiger partial charge on any atom is -0.390 e. The summed E-state index contributed by atoms with van der Waals surface area (Å²) in [5.74, 6) is -0.500. The van der Waals surface area contributed by atoms with E-state index in [0.717, 1.165) is 25.5 Å². The molecule has 2 rings (SSSR count). The van der Waals surface area contributed by atoms with Crippen LogP contribution in [0, 0.1) is 6.42 Å². The zero-order valence-corrected chi connectivity index (χ0v) is 13.1. The second kappa shape index (κ2) is 6.20. The van der Waals surface area contributed by atoms with E-state index in [1.54, 1.807) is 0 Å². The van der Waals surface area contributed by atoms with Gasteiger partial charge < -0.3 is 16.2 Å². The van der Waals surface area contributed by atoms with Gasteiger partial charge in [-0.25, -0.2) is 8.42 Å². The van der Waals surface area contributed by atoms with Crippen LogP contribution in [0.1, 0.15) is 25.7 Å². The van der Waals surface area contributed by atoms with Crippen LogP contribution in [0.25, 0.3) is 0 Å². The molecule has 2 bridgehead atoms. The summed E-state index contributed by atoms with van der Waals surface area (Å²) in [4.78, 5) is 13.9. The third-order valence-electron chi connectivity index (χ3n) is 4.41. The van der Waals surface area contributed by atoms with Gasteiger partial charge in [-0.05, 0) is 32.1 Å². The summed E-state index contributed by atoms with van der Waals surface area (Å²) in [6, 6.07) is 0.246. The van der Waals surface area contributed by atoms with Crippen molar-refractivity contribution in [1.29, 1.82) is 0 Å². The first-order chi connectivity index (χ1) is 9.74. The lowest BCUT2D eigenvalue weighted by Gasteiger charge is -2.43. The summed E-state index contributed by atoms with van der Waals surface area (Å²) in [6.07, 6.45) is 5.67. The number of carbonyl (C=O) groups excluding carboxylic acids is 1. The average molecular weight is 318 g/mol. The molecular weight excluding hydrogens is 294 g/mol. The molecule has 0 unspecified atom stereocenters. The quantitative estimate of drug-likeness (QED) is 0.533. The molecule has 2 aliphatic heterocycles. The molecule has 7 nitrogen and oxygen atoms in total. The molecule has 2 saturated heterocycles. The number of piperidine rings is 1. The maximum Gasteiger partial charge on any atom is 0.237 e. The van der Waals surface area contributed by atoms with Crippen molar-refractivity contribution >= 4 is 15.7 Å². The molecule has 0 spiro atoms. The Balaban J connectivity index is 1.93. The molecular formula is C13H24N3O4S. The predicted molar refractivity (Wildman–Crippen MR) is 78.9 cm³/mol. The van der Waals surface area contributed by atoms with Crippen molar-refractivity contribution in [2.24, 2.45) is 5.73 Å². The number of hydrogen-bond acceptors (Lipinski definition) is 6. The largest absolute Gasteiger partial charge is 0.390 e. The first-order valence-electron chi connectivity index (χ1n) is 7.19. The number of fused-ring (bicyclic) bond motifs is 2. The van der Waals surface area contributed by atoms with E-state index in [1.807, 2.05) is 4.90 Å². The number of carbonyl (C=O) groups is 1. The molecule has 0 aliphatic carbocycles. The molecule has 0 aromatic carbocycles. The summed E-state index contributed by atoms with van der Waals surface area (Å²) in [6.45, 7) is 0.507. The Morgan fingerprint density at radius 3 is 2.95 bits per heavy atom. The monoisotopic (exact) mass is 318 g/mol. The third kappa shape index (κ3) is 3.74. The summed E-state index contributed by atoms with van der Waals surface area (Å²) in [5, 5.41) is 12.8. The second-order valence-corrected chi connectivity index (χ2v) is 8.29. The molecule has 1 radical (unpaired) electrons. The van der Waals surface area contributed by atoms with Gasteiger partial charge in [0, 0.05) is 25.4 Å². The van der Waals surface area contributed by atoms with Crippen LogP contribution in [-0.2, 0) is 14.6 Å². The van der Waals surface area contributed by atoms with E-state index in [0.29, 0.717) is 13.0 Å². The van der Waals surface area contributed by atoms with Gasteiger partial charge in [0.1, 0.15) is 5.54 Å². The predicted octanol–water partition coefficient (Wildman–Crippen LogP) is -1.37. The lowest BCUT2D eigenvalue weighted by Crippen LogP contribution is -2.60. The van der Waals surface area contributed by atoms with Crippen molar-refractivity contribution in [3.8, 4) is 0 Å². The molecule has 0 aromatic rings. The molecule has 3 atom stereocenters. The molecule has 2 aliphatic rings. The minimum absolute atomic E-state index is 0.164. The fraction of sp³-hybridized carbons (Fsp3) is 0.846. The molecule has 1 amide bonds. The summed E-state index contributed by atoms with van der Waals surface area (Å²) < 4.78 is 22.1. The highest BCUT2D eigenvalue weighted by molar-refractivity contribution is 7.90. The maximum absolute atomic E-state index is 11.9. The highest BCUT2D eigenvalue weighted by atomic mass is 32.2. The molecule has 4 N–H and O–H groups in total. The van der Waals surface area contributed by atoms with Gasteiger partial charge in [0.2, 0.25) is 5.91 Å². The average Bonchev–Trinajstić information content (AvgIpc) is 2.57. The van der Waals surface area contributed by atoms with E-state index in [4.69, 9.17) is 5.73 Å². The van der Waals surface area contributed by atoms with Crippen molar-refractivity contribution < 1.29 is 18.3 Å². The van der Waals surface area contributed by atoms with Gasteiger partial charge in [0.05, 0.1) is 12.0 Å². The van der Waals surface area contributed by atoms with E-state index >= 15 is 0 Å². The molecule has 0 aromatic heterocycles. The first-order valence-corrected chi connectivity index (χ1v) is 9.25. The van der Waals surface area contributed by atoms with Gasteiger partial charge in [-0.3, -0.25) is 9.69 Å². The number of sulfone groups is 1. The highest BCUT2D eigenvalue weighted by Crippen LogP contribution is 2.43. The Morgan fingerprint density at radius 2 is 2.33 bits per heavy atom. The molecule has 2 heterocycles. The number of aliphatic hydroxyl groups is 1. The first kappa shape index (κ1) is 16.7. The van der Waals surface area contributed by atoms with E-state index in [-0.39, 0.29) is 24.4 Å². The molecule has 8 heteroatoms. The normalized spacial score (nSPS) is 31.2. The van der Waals surface area contributed by atoms with Gasteiger partial charge in [-0.15, -0.1) is 0 Å². The van der Waals surface area contributed by atoms with Crippen LogP contribution in [0.3, 0.4) is 0 Å². The van der Waals surface area contributed by atoms with Gasteiger partial charge in [0.25, 0.3) is 0 Å². The third-order valence-corrected chi connectivity index (χ3v) is 5.14. The summed E-state index contributed by atoms with van der Waals surface area (Å²) in [7, 11) is -3.10. The number of nitrogens with one attached hydrogen (secondary N) is 1. The number of nitrogens with zero attached hydrogens (tertiary/aromatic N) is 1. The van der Waals surface area contributed by atoms with E-state index < -0.39 is 21.5 Å². The molecule has 121 valence electrons. The zero-order valence-electron chi connectivity index (χ0n) is 12.3.